The molecule has 0 radical (unpaired) electrons. The Labute approximate surface area is 127 Å². The topological polar surface area (TPSA) is 91.9 Å². The van der Waals surface area contributed by atoms with Crippen molar-refractivity contribution in [3.63, 3.8) is 0 Å². The van der Waals surface area contributed by atoms with Crippen LogP contribution in [0.1, 0.15) is 13.3 Å². The number of ether oxygens (including phenoxy) is 2. The molecule has 1 aliphatic heterocycles. The minimum absolute atomic E-state index is 0.000360. The van der Waals surface area contributed by atoms with Crippen LogP contribution >= 0.6 is 12.2 Å². The van der Waals surface area contributed by atoms with Gasteiger partial charge in [-0.1, -0.05) is 0 Å². The first-order valence-corrected chi connectivity index (χ1v) is 6.89. The van der Waals surface area contributed by atoms with Gasteiger partial charge in [-0.05, 0) is 31.3 Å². The summed E-state index contributed by atoms with van der Waals surface area (Å²) in [7, 11) is 0. The second-order valence-corrected chi connectivity index (χ2v) is 4.95. The molecule has 0 bridgehead atoms. The summed E-state index contributed by atoms with van der Waals surface area (Å²) in [6.45, 7) is 2.58. The van der Waals surface area contributed by atoms with Gasteiger partial charge in [-0.15, -0.1) is 0 Å². The maximum absolute atomic E-state index is 11.3. The summed E-state index contributed by atoms with van der Waals surface area (Å²) in [5, 5.41) is 12.2. The first-order valence-electron chi connectivity index (χ1n) is 6.48. The Bertz CT molecular complexity index is 536. The monoisotopic (exact) mass is 311 g/mol. The smallest absolute Gasteiger partial charge is 0.240 e. The van der Waals surface area contributed by atoms with Crippen molar-refractivity contribution in [2.45, 2.75) is 19.4 Å². The maximum Gasteiger partial charge on any atom is 0.240 e. The van der Waals surface area contributed by atoms with E-state index < -0.39 is 6.10 Å². The number of benzene rings is 1. The van der Waals surface area contributed by atoms with Crippen molar-refractivity contribution in [2.24, 2.45) is 0 Å². The van der Waals surface area contributed by atoms with Crippen LogP contribution < -0.4 is 25.6 Å². The number of anilines is 1. The predicted octanol–water partition coefficient (Wildman–Crippen LogP) is 0.546. The normalized spacial score (nSPS) is 14.0. The second kappa shape index (κ2) is 7.09. The molecule has 1 atom stereocenters. The van der Waals surface area contributed by atoms with Crippen LogP contribution in [0.4, 0.5) is 5.69 Å². The van der Waals surface area contributed by atoms with Gasteiger partial charge in [-0.3, -0.25) is 15.6 Å². The number of aliphatic hydroxyl groups is 1. The van der Waals surface area contributed by atoms with Gasteiger partial charge in [-0.2, -0.15) is 0 Å². The summed E-state index contributed by atoms with van der Waals surface area (Å²) in [6, 6.07) is 5.34. The van der Waals surface area contributed by atoms with Gasteiger partial charge in [-0.25, -0.2) is 0 Å². The number of rotatable bonds is 3. The zero-order valence-electron chi connectivity index (χ0n) is 11.5. The molecular weight excluding hydrogens is 294 g/mol. The number of carbonyl (C=O) groups is 1. The van der Waals surface area contributed by atoms with Crippen molar-refractivity contribution < 1.29 is 19.4 Å². The highest BCUT2D eigenvalue weighted by atomic mass is 32.1. The molecule has 1 aromatic carbocycles. The Morgan fingerprint density at radius 3 is 2.76 bits per heavy atom. The van der Waals surface area contributed by atoms with Crippen molar-refractivity contribution in [3.8, 4) is 11.5 Å². The first-order chi connectivity index (χ1) is 10.0. The lowest BCUT2D eigenvalue weighted by molar-refractivity contribution is -0.123. The molecule has 0 spiro atoms. The minimum atomic E-state index is -0.703. The van der Waals surface area contributed by atoms with Crippen LogP contribution in [0, 0.1) is 0 Å². The number of carbonyl (C=O) groups excluding carboxylic acids is 1. The molecule has 4 N–H and O–H groups in total. The number of nitrogens with one attached hydrogen (secondary N) is 3. The zero-order valence-corrected chi connectivity index (χ0v) is 12.3. The fourth-order valence-electron chi connectivity index (χ4n) is 1.73. The molecule has 0 saturated heterocycles. The number of aliphatic hydroxyl groups excluding tert-OH is 1. The Hall–Kier alpha value is -2.06. The van der Waals surface area contributed by atoms with Crippen LogP contribution in [0.3, 0.4) is 0 Å². The number of hydrogen-bond acceptors (Lipinski definition) is 5. The van der Waals surface area contributed by atoms with Crippen molar-refractivity contribution in [1.82, 2.24) is 10.9 Å². The van der Waals surface area contributed by atoms with E-state index in [-0.39, 0.29) is 17.4 Å². The van der Waals surface area contributed by atoms with Crippen molar-refractivity contribution in [2.75, 3.05) is 18.5 Å². The van der Waals surface area contributed by atoms with E-state index in [0.29, 0.717) is 30.4 Å². The summed E-state index contributed by atoms with van der Waals surface area (Å²) in [5.41, 5.74) is 5.65. The highest BCUT2D eigenvalue weighted by Crippen LogP contribution is 2.32. The standard InChI is InChI=1S/C13H17N3O4S/c1-8(17)6-12(18)15-16-13(21)14-9-2-3-10-11(7-9)20-5-4-19-10/h2-3,7-8,17H,4-6H2,1H3,(H,15,18)(H2,14,16,21)/t8-/m0/s1. The van der Waals surface area contributed by atoms with Crippen LogP contribution in [0.25, 0.3) is 0 Å². The lowest BCUT2D eigenvalue weighted by atomic mass is 10.2. The fourth-order valence-corrected chi connectivity index (χ4v) is 1.90. The third kappa shape index (κ3) is 4.76. The lowest BCUT2D eigenvalue weighted by Gasteiger charge is -2.19. The molecule has 8 heteroatoms. The van der Waals surface area contributed by atoms with Crippen molar-refractivity contribution >= 4 is 28.9 Å². The summed E-state index contributed by atoms with van der Waals surface area (Å²) in [4.78, 5) is 11.3. The molecule has 114 valence electrons. The third-order valence-electron chi connectivity index (χ3n) is 2.60. The highest BCUT2D eigenvalue weighted by molar-refractivity contribution is 7.80. The molecule has 0 unspecified atom stereocenters. The Kier molecular flexibility index (Phi) is 5.18. The fraction of sp³-hybridized carbons (Fsp3) is 0.385. The van der Waals surface area contributed by atoms with E-state index in [1.807, 2.05) is 0 Å². The molecule has 1 aromatic rings. The summed E-state index contributed by atoms with van der Waals surface area (Å²) >= 11 is 5.05. The summed E-state index contributed by atoms with van der Waals surface area (Å²) in [6.07, 6.45) is -0.703. The van der Waals surface area contributed by atoms with E-state index in [0.717, 1.165) is 0 Å². The predicted molar refractivity (Wildman–Crippen MR) is 81.2 cm³/mol. The van der Waals surface area contributed by atoms with E-state index in [1.54, 1.807) is 18.2 Å². The quantitative estimate of drug-likeness (QED) is 0.478. The molecule has 0 aromatic heterocycles. The van der Waals surface area contributed by atoms with Crippen molar-refractivity contribution in [3.05, 3.63) is 18.2 Å². The Morgan fingerprint density at radius 2 is 2.05 bits per heavy atom. The van der Waals surface area contributed by atoms with Crippen LogP contribution in [0.2, 0.25) is 0 Å². The average Bonchev–Trinajstić information content (AvgIpc) is 2.44. The van der Waals surface area contributed by atoms with Crippen molar-refractivity contribution in [1.29, 1.82) is 0 Å². The number of amides is 1. The molecule has 0 aliphatic carbocycles. The SMILES string of the molecule is C[C@H](O)CC(=O)NNC(=S)Nc1ccc2c(c1)OCCO2. The van der Waals surface area contributed by atoms with Gasteiger partial charge in [0.05, 0.1) is 12.5 Å². The minimum Gasteiger partial charge on any atom is -0.486 e. The molecule has 21 heavy (non-hydrogen) atoms. The van der Waals surface area contributed by atoms with E-state index in [2.05, 4.69) is 16.2 Å². The highest BCUT2D eigenvalue weighted by Gasteiger charge is 2.12. The molecule has 1 heterocycles. The lowest BCUT2D eigenvalue weighted by Crippen LogP contribution is -2.44. The average molecular weight is 311 g/mol. The Morgan fingerprint density at radius 1 is 1.33 bits per heavy atom. The molecule has 0 fully saturated rings. The molecule has 1 aliphatic rings. The summed E-state index contributed by atoms with van der Waals surface area (Å²) < 4.78 is 10.9. The molecule has 0 saturated carbocycles. The van der Waals surface area contributed by atoms with Gasteiger partial charge >= 0.3 is 0 Å². The molecule has 2 rings (SSSR count). The zero-order chi connectivity index (χ0) is 15.2. The largest absolute Gasteiger partial charge is 0.486 e. The number of thiocarbonyl (C=S) groups is 1. The first kappa shape index (κ1) is 15.3. The number of fused-ring (bicyclic) bond motifs is 1. The number of hydrogen-bond donors (Lipinski definition) is 4. The van der Waals surface area contributed by atoms with Crippen LogP contribution in [-0.2, 0) is 4.79 Å². The van der Waals surface area contributed by atoms with Crippen LogP contribution in [0.5, 0.6) is 11.5 Å². The molecule has 7 nitrogen and oxygen atoms in total. The summed E-state index contributed by atoms with van der Waals surface area (Å²) in [5.74, 6) is 0.986. The van der Waals surface area contributed by atoms with Gasteiger partial charge in [0.15, 0.2) is 16.6 Å². The van der Waals surface area contributed by atoms with Gasteiger partial charge in [0.2, 0.25) is 5.91 Å². The van der Waals surface area contributed by atoms with Gasteiger partial charge in [0.1, 0.15) is 13.2 Å². The van der Waals surface area contributed by atoms with E-state index in [4.69, 9.17) is 26.8 Å². The van der Waals surface area contributed by atoms with E-state index >= 15 is 0 Å². The van der Waals surface area contributed by atoms with E-state index in [9.17, 15) is 4.79 Å². The Balaban J connectivity index is 1.84. The van der Waals surface area contributed by atoms with E-state index in [1.165, 1.54) is 6.92 Å². The second-order valence-electron chi connectivity index (χ2n) is 4.54. The van der Waals surface area contributed by atoms with Gasteiger partial charge in [0, 0.05) is 11.8 Å². The van der Waals surface area contributed by atoms with Crippen LogP contribution in [-0.4, -0.2) is 35.4 Å². The molecule has 1 amide bonds. The maximum atomic E-state index is 11.3. The number of hydrazine groups is 1. The van der Waals surface area contributed by atoms with Gasteiger partial charge in [0.25, 0.3) is 0 Å². The van der Waals surface area contributed by atoms with Gasteiger partial charge < -0.3 is 19.9 Å². The van der Waals surface area contributed by atoms with Crippen LogP contribution in [0.15, 0.2) is 18.2 Å². The molecular formula is C13H17N3O4S. The third-order valence-corrected chi connectivity index (χ3v) is 2.80.